The molecule has 0 bridgehead atoms. The van der Waals surface area contributed by atoms with E-state index in [1.807, 2.05) is 0 Å². The first-order chi connectivity index (χ1) is 7.27. The van der Waals surface area contributed by atoms with Crippen molar-refractivity contribution in [1.29, 1.82) is 0 Å². The topological polar surface area (TPSA) is 70.3 Å². The Hall–Kier alpha value is -1.20. The molecule has 0 unspecified atom stereocenters. The summed E-state index contributed by atoms with van der Waals surface area (Å²) in [5, 5.41) is 0. The summed E-state index contributed by atoms with van der Waals surface area (Å²) in [7, 11) is 1.68. The Kier molecular flexibility index (Phi) is 2.83. The first-order valence-corrected chi connectivity index (χ1v) is 4.99. The third-order valence-electron chi connectivity index (χ3n) is 2.78. The third-order valence-corrected chi connectivity index (χ3v) is 2.78. The van der Waals surface area contributed by atoms with Gasteiger partial charge in [0.05, 0.1) is 0 Å². The molecule has 5 heteroatoms. The highest BCUT2D eigenvalue weighted by Crippen LogP contribution is 2.33. The number of anilines is 1. The Morgan fingerprint density at radius 3 is 2.80 bits per heavy atom. The van der Waals surface area contributed by atoms with Gasteiger partial charge >= 0.3 is 0 Å². The molecular weight excluding hydrogens is 194 g/mol. The van der Waals surface area contributed by atoms with E-state index in [2.05, 4.69) is 9.97 Å². The van der Waals surface area contributed by atoms with E-state index in [0.29, 0.717) is 24.9 Å². The molecule has 0 aliphatic carbocycles. The van der Waals surface area contributed by atoms with Crippen molar-refractivity contribution in [2.75, 3.05) is 26.1 Å². The summed E-state index contributed by atoms with van der Waals surface area (Å²) in [6.45, 7) is 1.35. The monoisotopic (exact) mass is 209 g/mol. The van der Waals surface area contributed by atoms with Gasteiger partial charge in [0, 0.05) is 39.4 Å². The molecule has 0 spiro atoms. The fourth-order valence-electron chi connectivity index (χ4n) is 1.81. The van der Waals surface area contributed by atoms with Gasteiger partial charge in [-0.3, -0.25) is 0 Å². The van der Waals surface area contributed by atoms with Gasteiger partial charge < -0.3 is 15.2 Å². The van der Waals surface area contributed by atoms with Crippen LogP contribution < -0.4 is 5.73 Å². The molecule has 0 saturated carbocycles. The fraction of sp³-hybridized carbons (Fsp3) is 0.600. The van der Waals surface area contributed by atoms with Crippen LogP contribution in [0.25, 0.3) is 0 Å². The standard InChI is InChI=1S/C10H15N3O2/c1-14-10(3-6-15-7-4-10)9-12-5-2-8(11)13-9/h2,5H,3-4,6-7H2,1H3,(H2,11,12,13). The lowest BCUT2D eigenvalue weighted by atomic mass is 9.93. The van der Waals surface area contributed by atoms with Gasteiger partial charge in [0.15, 0.2) is 5.82 Å². The second kappa shape index (κ2) is 4.12. The highest BCUT2D eigenvalue weighted by Gasteiger charge is 2.37. The Balaban J connectivity index is 2.32. The summed E-state index contributed by atoms with van der Waals surface area (Å²) < 4.78 is 10.9. The van der Waals surface area contributed by atoms with E-state index in [0.717, 1.165) is 12.8 Å². The highest BCUT2D eigenvalue weighted by atomic mass is 16.5. The van der Waals surface area contributed by atoms with Crippen LogP contribution in [0.5, 0.6) is 0 Å². The summed E-state index contributed by atoms with van der Waals surface area (Å²) in [6.07, 6.45) is 3.20. The van der Waals surface area contributed by atoms with Crippen molar-refractivity contribution in [3.8, 4) is 0 Å². The van der Waals surface area contributed by atoms with Crippen molar-refractivity contribution in [2.45, 2.75) is 18.4 Å². The van der Waals surface area contributed by atoms with Gasteiger partial charge in [-0.15, -0.1) is 0 Å². The maximum absolute atomic E-state index is 5.64. The largest absolute Gasteiger partial charge is 0.384 e. The zero-order valence-corrected chi connectivity index (χ0v) is 8.77. The second-order valence-corrected chi connectivity index (χ2v) is 3.62. The maximum Gasteiger partial charge on any atom is 0.162 e. The van der Waals surface area contributed by atoms with Crippen LogP contribution in [0.2, 0.25) is 0 Å². The van der Waals surface area contributed by atoms with Crippen LogP contribution in [0.4, 0.5) is 5.82 Å². The maximum atomic E-state index is 5.64. The molecule has 2 rings (SSSR count). The predicted molar refractivity (Wildman–Crippen MR) is 55.2 cm³/mol. The van der Waals surface area contributed by atoms with Crippen molar-refractivity contribution in [3.05, 3.63) is 18.1 Å². The molecule has 1 aliphatic rings. The zero-order chi connectivity index (χ0) is 10.7. The molecule has 2 heterocycles. The molecule has 0 amide bonds. The number of nitrogen functional groups attached to an aromatic ring is 1. The van der Waals surface area contributed by atoms with E-state index in [1.165, 1.54) is 0 Å². The minimum atomic E-state index is -0.423. The van der Waals surface area contributed by atoms with E-state index in [1.54, 1.807) is 19.4 Å². The van der Waals surface area contributed by atoms with Crippen molar-refractivity contribution in [3.63, 3.8) is 0 Å². The number of hydrogen-bond donors (Lipinski definition) is 1. The molecule has 1 saturated heterocycles. The minimum absolute atomic E-state index is 0.423. The number of nitrogens with two attached hydrogens (primary N) is 1. The van der Waals surface area contributed by atoms with Crippen LogP contribution in [-0.4, -0.2) is 30.3 Å². The normalized spacial score (nSPS) is 20.1. The summed E-state index contributed by atoms with van der Waals surface area (Å²) in [5.74, 6) is 1.14. The number of methoxy groups -OCH3 is 1. The lowest BCUT2D eigenvalue weighted by Crippen LogP contribution is -2.37. The van der Waals surface area contributed by atoms with E-state index >= 15 is 0 Å². The Morgan fingerprint density at radius 2 is 2.20 bits per heavy atom. The van der Waals surface area contributed by atoms with E-state index in [4.69, 9.17) is 15.2 Å². The number of aromatic nitrogens is 2. The zero-order valence-electron chi connectivity index (χ0n) is 8.77. The van der Waals surface area contributed by atoms with Gasteiger partial charge in [0.25, 0.3) is 0 Å². The number of rotatable bonds is 2. The lowest BCUT2D eigenvalue weighted by Gasteiger charge is -2.34. The Labute approximate surface area is 88.6 Å². The smallest absolute Gasteiger partial charge is 0.162 e. The van der Waals surface area contributed by atoms with Crippen LogP contribution in [-0.2, 0) is 15.1 Å². The fourth-order valence-corrected chi connectivity index (χ4v) is 1.81. The Morgan fingerprint density at radius 1 is 1.47 bits per heavy atom. The van der Waals surface area contributed by atoms with Crippen LogP contribution >= 0.6 is 0 Å². The van der Waals surface area contributed by atoms with Crippen molar-refractivity contribution in [1.82, 2.24) is 9.97 Å². The van der Waals surface area contributed by atoms with Gasteiger partial charge in [-0.2, -0.15) is 0 Å². The lowest BCUT2D eigenvalue weighted by molar-refractivity contribution is -0.0999. The van der Waals surface area contributed by atoms with Crippen molar-refractivity contribution >= 4 is 5.82 Å². The van der Waals surface area contributed by atoms with E-state index < -0.39 is 5.60 Å². The van der Waals surface area contributed by atoms with Gasteiger partial charge in [0.1, 0.15) is 11.4 Å². The average Bonchev–Trinajstić information content (AvgIpc) is 2.30. The molecule has 82 valence electrons. The second-order valence-electron chi connectivity index (χ2n) is 3.62. The number of ether oxygens (including phenoxy) is 2. The van der Waals surface area contributed by atoms with Gasteiger partial charge in [-0.1, -0.05) is 0 Å². The van der Waals surface area contributed by atoms with Gasteiger partial charge in [-0.25, -0.2) is 9.97 Å². The predicted octanol–water partition coefficient (Wildman–Crippen LogP) is 0.711. The molecular formula is C10H15N3O2. The SMILES string of the molecule is COC1(c2nccc(N)n2)CCOCC1. The average molecular weight is 209 g/mol. The van der Waals surface area contributed by atoms with Crippen molar-refractivity contribution < 1.29 is 9.47 Å². The van der Waals surface area contributed by atoms with Crippen LogP contribution in [0.3, 0.4) is 0 Å². The summed E-state index contributed by atoms with van der Waals surface area (Å²) in [5.41, 5.74) is 5.22. The van der Waals surface area contributed by atoms with Gasteiger partial charge in [0.2, 0.25) is 0 Å². The first-order valence-electron chi connectivity index (χ1n) is 4.99. The van der Waals surface area contributed by atoms with E-state index in [-0.39, 0.29) is 0 Å². The van der Waals surface area contributed by atoms with Gasteiger partial charge in [-0.05, 0) is 6.07 Å². The molecule has 1 aliphatic heterocycles. The summed E-state index contributed by atoms with van der Waals surface area (Å²) in [6, 6.07) is 1.67. The summed E-state index contributed by atoms with van der Waals surface area (Å²) >= 11 is 0. The highest BCUT2D eigenvalue weighted by molar-refractivity contribution is 5.26. The Bertz CT molecular complexity index is 337. The molecule has 15 heavy (non-hydrogen) atoms. The molecule has 2 N–H and O–H groups in total. The minimum Gasteiger partial charge on any atom is -0.384 e. The van der Waals surface area contributed by atoms with Crippen LogP contribution in [0.1, 0.15) is 18.7 Å². The first kappa shape index (κ1) is 10.3. The third kappa shape index (κ3) is 1.93. The van der Waals surface area contributed by atoms with Crippen LogP contribution in [0.15, 0.2) is 12.3 Å². The molecule has 5 nitrogen and oxygen atoms in total. The van der Waals surface area contributed by atoms with Crippen LogP contribution in [0, 0.1) is 0 Å². The molecule has 1 fully saturated rings. The molecule has 1 aromatic heterocycles. The quantitative estimate of drug-likeness (QED) is 0.776. The van der Waals surface area contributed by atoms with E-state index in [9.17, 15) is 0 Å². The summed E-state index contributed by atoms with van der Waals surface area (Å²) in [4.78, 5) is 8.46. The molecule has 0 radical (unpaired) electrons. The number of nitrogens with zero attached hydrogens (tertiary/aromatic N) is 2. The number of hydrogen-bond acceptors (Lipinski definition) is 5. The van der Waals surface area contributed by atoms with Crippen molar-refractivity contribution in [2.24, 2.45) is 0 Å². The molecule has 1 aromatic rings. The molecule has 0 atom stereocenters. The molecule has 0 aromatic carbocycles.